The van der Waals surface area contributed by atoms with Crippen molar-refractivity contribution in [3.63, 3.8) is 0 Å². The van der Waals surface area contributed by atoms with Crippen LogP contribution in [0.25, 0.3) is 0 Å². The zero-order chi connectivity index (χ0) is 16.6. The molecule has 1 heterocycles. The normalized spacial score (nSPS) is 15.2. The second-order valence-corrected chi connectivity index (χ2v) is 6.54. The van der Waals surface area contributed by atoms with E-state index in [-0.39, 0.29) is 0 Å². The SMILES string of the molecule is Clc1ccc(Oc2ccccc2OCCCN2CCCCC2)cc1. The summed E-state index contributed by atoms with van der Waals surface area (Å²) in [6.07, 6.45) is 5.08. The average molecular weight is 346 g/mol. The fourth-order valence-corrected chi connectivity index (χ4v) is 3.06. The second-order valence-electron chi connectivity index (χ2n) is 6.11. The third-order valence-electron chi connectivity index (χ3n) is 4.22. The third-order valence-corrected chi connectivity index (χ3v) is 4.47. The van der Waals surface area contributed by atoms with E-state index in [1.54, 1.807) is 0 Å². The van der Waals surface area contributed by atoms with Gasteiger partial charge < -0.3 is 14.4 Å². The first-order chi connectivity index (χ1) is 11.8. The van der Waals surface area contributed by atoms with Gasteiger partial charge in [0, 0.05) is 11.6 Å². The first-order valence-electron chi connectivity index (χ1n) is 8.69. The molecule has 0 atom stereocenters. The molecule has 0 radical (unpaired) electrons. The van der Waals surface area contributed by atoms with E-state index < -0.39 is 0 Å². The summed E-state index contributed by atoms with van der Waals surface area (Å²) in [5.74, 6) is 2.27. The number of ether oxygens (including phenoxy) is 2. The Labute approximate surface area is 149 Å². The van der Waals surface area contributed by atoms with Gasteiger partial charge in [0.25, 0.3) is 0 Å². The van der Waals surface area contributed by atoms with Gasteiger partial charge in [-0.3, -0.25) is 0 Å². The topological polar surface area (TPSA) is 21.7 Å². The molecule has 128 valence electrons. The summed E-state index contributed by atoms with van der Waals surface area (Å²) in [5.41, 5.74) is 0. The number of rotatable bonds is 7. The first kappa shape index (κ1) is 17.1. The van der Waals surface area contributed by atoms with Crippen molar-refractivity contribution in [3.8, 4) is 17.2 Å². The van der Waals surface area contributed by atoms with E-state index in [4.69, 9.17) is 21.1 Å². The number of hydrogen-bond donors (Lipinski definition) is 0. The Hall–Kier alpha value is -1.71. The van der Waals surface area contributed by atoms with Crippen molar-refractivity contribution in [2.24, 2.45) is 0 Å². The van der Waals surface area contributed by atoms with Gasteiger partial charge in [0.05, 0.1) is 6.61 Å². The quantitative estimate of drug-likeness (QED) is 0.628. The minimum absolute atomic E-state index is 0.699. The Kier molecular flexibility index (Phi) is 6.39. The zero-order valence-electron chi connectivity index (χ0n) is 13.9. The van der Waals surface area contributed by atoms with Crippen molar-refractivity contribution in [2.75, 3.05) is 26.2 Å². The van der Waals surface area contributed by atoms with Crippen LogP contribution in [0.4, 0.5) is 0 Å². The highest BCUT2D eigenvalue weighted by Gasteiger charge is 2.10. The van der Waals surface area contributed by atoms with Crippen LogP contribution in [0.3, 0.4) is 0 Å². The van der Waals surface area contributed by atoms with Crippen LogP contribution in [0.1, 0.15) is 25.7 Å². The van der Waals surface area contributed by atoms with E-state index in [0.29, 0.717) is 11.6 Å². The monoisotopic (exact) mass is 345 g/mol. The van der Waals surface area contributed by atoms with Crippen molar-refractivity contribution in [2.45, 2.75) is 25.7 Å². The molecule has 0 spiro atoms. The number of para-hydroxylation sites is 2. The number of likely N-dealkylation sites (tertiary alicyclic amines) is 1. The second kappa shape index (κ2) is 8.95. The Bertz CT molecular complexity index is 624. The lowest BCUT2D eigenvalue weighted by molar-refractivity contribution is 0.203. The van der Waals surface area contributed by atoms with Crippen molar-refractivity contribution < 1.29 is 9.47 Å². The maximum absolute atomic E-state index is 5.95. The maximum atomic E-state index is 5.95. The number of benzene rings is 2. The predicted octanol–water partition coefficient (Wildman–Crippen LogP) is 5.39. The lowest BCUT2D eigenvalue weighted by atomic mass is 10.1. The molecule has 1 aliphatic rings. The molecule has 0 saturated carbocycles. The minimum Gasteiger partial charge on any atom is -0.490 e. The molecule has 2 aromatic carbocycles. The fourth-order valence-electron chi connectivity index (χ4n) is 2.94. The summed E-state index contributed by atoms with van der Waals surface area (Å²) in [5, 5.41) is 0.699. The van der Waals surface area contributed by atoms with Gasteiger partial charge in [0.1, 0.15) is 5.75 Å². The van der Waals surface area contributed by atoms with Crippen LogP contribution in [-0.4, -0.2) is 31.1 Å². The third kappa shape index (κ3) is 5.15. The van der Waals surface area contributed by atoms with Crippen LogP contribution in [0.5, 0.6) is 17.2 Å². The molecule has 3 rings (SSSR count). The molecule has 1 saturated heterocycles. The van der Waals surface area contributed by atoms with Crippen LogP contribution >= 0.6 is 11.6 Å². The van der Waals surface area contributed by atoms with Gasteiger partial charge in [-0.2, -0.15) is 0 Å². The van der Waals surface area contributed by atoms with E-state index in [9.17, 15) is 0 Å². The van der Waals surface area contributed by atoms with Gasteiger partial charge in [-0.15, -0.1) is 0 Å². The van der Waals surface area contributed by atoms with Gasteiger partial charge in [-0.25, -0.2) is 0 Å². The zero-order valence-corrected chi connectivity index (χ0v) is 14.7. The molecule has 24 heavy (non-hydrogen) atoms. The van der Waals surface area contributed by atoms with Gasteiger partial charge in [0.2, 0.25) is 0 Å². The Balaban J connectivity index is 1.51. The van der Waals surface area contributed by atoms with Gasteiger partial charge in [-0.05, 0) is 68.8 Å². The average Bonchev–Trinajstić information content (AvgIpc) is 2.63. The lowest BCUT2D eigenvalue weighted by Gasteiger charge is -2.26. The molecule has 1 fully saturated rings. The molecule has 0 aromatic heterocycles. The van der Waals surface area contributed by atoms with Crippen LogP contribution in [0.15, 0.2) is 48.5 Å². The number of nitrogens with zero attached hydrogens (tertiary/aromatic N) is 1. The molecule has 0 unspecified atom stereocenters. The molecular weight excluding hydrogens is 322 g/mol. The van der Waals surface area contributed by atoms with Crippen LogP contribution in [-0.2, 0) is 0 Å². The van der Waals surface area contributed by atoms with E-state index in [2.05, 4.69) is 4.90 Å². The molecular formula is C20H24ClNO2. The van der Waals surface area contributed by atoms with Gasteiger partial charge in [0.15, 0.2) is 11.5 Å². The number of piperidine rings is 1. The molecule has 0 bridgehead atoms. The van der Waals surface area contributed by atoms with Crippen molar-refractivity contribution in [1.82, 2.24) is 4.90 Å². The van der Waals surface area contributed by atoms with E-state index in [1.807, 2.05) is 48.5 Å². The maximum Gasteiger partial charge on any atom is 0.169 e. The predicted molar refractivity (Wildman–Crippen MR) is 98.4 cm³/mol. The first-order valence-corrected chi connectivity index (χ1v) is 9.07. The minimum atomic E-state index is 0.699. The van der Waals surface area contributed by atoms with E-state index in [0.717, 1.165) is 30.2 Å². The Morgan fingerprint density at radius 2 is 1.58 bits per heavy atom. The molecule has 0 amide bonds. The Morgan fingerprint density at radius 1 is 0.875 bits per heavy atom. The molecule has 0 N–H and O–H groups in total. The lowest BCUT2D eigenvalue weighted by Crippen LogP contribution is -2.31. The smallest absolute Gasteiger partial charge is 0.169 e. The summed E-state index contributed by atoms with van der Waals surface area (Å²) in [6.45, 7) is 4.28. The summed E-state index contributed by atoms with van der Waals surface area (Å²) in [7, 11) is 0. The van der Waals surface area contributed by atoms with Crippen LogP contribution < -0.4 is 9.47 Å². The van der Waals surface area contributed by atoms with E-state index in [1.165, 1.54) is 32.4 Å². The van der Waals surface area contributed by atoms with Crippen LogP contribution in [0.2, 0.25) is 5.02 Å². The van der Waals surface area contributed by atoms with Crippen molar-refractivity contribution >= 4 is 11.6 Å². The van der Waals surface area contributed by atoms with Gasteiger partial charge in [-0.1, -0.05) is 30.2 Å². The van der Waals surface area contributed by atoms with Crippen molar-refractivity contribution in [3.05, 3.63) is 53.6 Å². The number of hydrogen-bond acceptors (Lipinski definition) is 3. The fraction of sp³-hybridized carbons (Fsp3) is 0.400. The highest BCUT2D eigenvalue weighted by molar-refractivity contribution is 6.30. The Morgan fingerprint density at radius 3 is 2.33 bits per heavy atom. The molecule has 0 aliphatic carbocycles. The summed E-state index contributed by atoms with van der Waals surface area (Å²) >= 11 is 5.91. The molecule has 2 aromatic rings. The standard InChI is InChI=1S/C20H24ClNO2/c21-17-9-11-18(12-10-17)24-20-8-3-2-7-19(20)23-16-6-15-22-13-4-1-5-14-22/h2-3,7-12H,1,4-6,13-16H2. The summed E-state index contributed by atoms with van der Waals surface area (Å²) < 4.78 is 11.9. The highest BCUT2D eigenvalue weighted by Crippen LogP contribution is 2.31. The van der Waals surface area contributed by atoms with E-state index >= 15 is 0 Å². The van der Waals surface area contributed by atoms with Crippen molar-refractivity contribution in [1.29, 1.82) is 0 Å². The number of halogens is 1. The van der Waals surface area contributed by atoms with Crippen LogP contribution in [0, 0.1) is 0 Å². The summed E-state index contributed by atoms with van der Waals surface area (Å²) in [4.78, 5) is 2.53. The van der Waals surface area contributed by atoms with Gasteiger partial charge >= 0.3 is 0 Å². The largest absolute Gasteiger partial charge is 0.490 e. The summed E-state index contributed by atoms with van der Waals surface area (Å²) in [6, 6.07) is 15.1. The molecule has 3 nitrogen and oxygen atoms in total. The molecule has 4 heteroatoms. The molecule has 1 aliphatic heterocycles. The highest BCUT2D eigenvalue weighted by atomic mass is 35.5.